The number of rotatable bonds is 6. The molecule has 0 radical (unpaired) electrons. The number of benzene rings is 1. The molecular weight excluding hydrogens is 237 g/mol. The highest BCUT2D eigenvalue weighted by Gasteiger charge is 2.11. The summed E-state index contributed by atoms with van der Waals surface area (Å²) >= 11 is 0. The van der Waals surface area contributed by atoms with Crippen LogP contribution in [0.25, 0.3) is 0 Å². The van der Waals surface area contributed by atoms with E-state index in [9.17, 15) is 4.57 Å². The lowest BCUT2D eigenvalue weighted by Crippen LogP contribution is -1.91. The number of para-hydroxylation sites is 2. The molecule has 0 saturated heterocycles. The van der Waals surface area contributed by atoms with Crippen molar-refractivity contribution < 1.29 is 13.8 Å². The zero-order valence-electron chi connectivity index (χ0n) is 10.4. The fourth-order valence-corrected chi connectivity index (χ4v) is 2.05. The fraction of sp³-hybridized carbons (Fsp3) is 0.417. The average Bonchev–Trinajstić information content (AvgIpc) is 2.35. The summed E-state index contributed by atoms with van der Waals surface area (Å²) in [6.07, 6.45) is 2.87. The second-order valence-corrected chi connectivity index (χ2v) is 6.53. The van der Waals surface area contributed by atoms with Crippen molar-refractivity contribution in [2.24, 2.45) is 4.99 Å². The molecule has 1 aromatic carbocycles. The lowest BCUT2D eigenvalue weighted by molar-refractivity contribution is 0.399. The monoisotopic (exact) mass is 255 g/mol. The van der Waals surface area contributed by atoms with Gasteiger partial charge < -0.3 is 9.26 Å². The number of hydrogen-bond acceptors (Lipinski definition) is 4. The zero-order valence-corrected chi connectivity index (χ0v) is 11.3. The molecule has 0 aliphatic heterocycles. The standard InChI is InChI=1S/C12H18NO3P/c1-15-12-8-5-4-7-11(12)13-9-6-10-17(3,14)16-2/h4-5,7-9H,6,10H2,1-3H3. The molecule has 0 aliphatic carbocycles. The third kappa shape index (κ3) is 4.72. The van der Waals surface area contributed by atoms with E-state index in [1.807, 2.05) is 24.3 Å². The normalized spacial score (nSPS) is 14.8. The molecule has 17 heavy (non-hydrogen) atoms. The quantitative estimate of drug-likeness (QED) is 0.578. The molecular formula is C12H18NO3P. The van der Waals surface area contributed by atoms with Crippen molar-refractivity contribution in [3.05, 3.63) is 24.3 Å². The van der Waals surface area contributed by atoms with Gasteiger partial charge in [-0.1, -0.05) is 12.1 Å². The Morgan fingerprint density at radius 1 is 1.35 bits per heavy atom. The molecule has 94 valence electrons. The van der Waals surface area contributed by atoms with E-state index in [2.05, 4.69) is 4.99 Å². The average molecular weight is 255 g/mol. The van der Waals surface area contributed by atoms with Crippen LogP contribution in [0.3, 0.4) is 0 Å². The van der Waals surface area contributed by atoms with Gasteiger partial charge in [-0.25, -0.2) is 0 Å². The molecule has 1 aromatic rings. The summed E-state index contributed by atoms with van der Waals surface area (Å²) in [6.45, 7) is 1.63. The maximum Gasteiger partial charge on any atom is 0.200 e. The lowest BCUT2D eigenvalue weighted by Gasteiger charge is -2.07. The van der Waals surface area contributed by atoms with E-state index in [-0.39, 0.29) is 0 Å². The Labute approximate surface area is 102 Å². The van der Waals surface area contributed by atoms with Crippen LogP contribution in [0.2, 0.25) is 0 Å². The van der Waals surface area contributed by atoms with Gasteiger partial charge in [0.1, 0.15) is 11.4 Å². The van der Waals surface area contributed by atoms with E-state index in [4.69, 9.17) is 9.26 Å². The number of ether oxygens (including phenoxy) is 1. The summed E-state index contributed by atoms with van der Waals surface area (Å²) in [7, 11) is 0.645. The molecule has 4 nitrogen and oxygen atoms in total. The summed E-state index contributed by atoms with van der Waals surface area (Å²) < 4.78 is 21.7. The summed E-state index contributed by atoms with van der Waals surface area (Å²) in [4.78, 5) is 4.29. The van der Waals surface area contributed by atoms with Crippen molar-refractivity contribution in [2.45, 2.75) is 6.42 Å². The van der Waals surface area contributed by atoms with E-state index in [0.717, 1.165) is 11.4 Å². The van der Waals surface area contributed by atoms with Crippen molar-refractivity contribution in [1.82, 2.24) is 0 Å². The molecule has 0 saturated carbocycles. The maximum absolute atomic E-state index is 11.6. The first-order valence-electron chi connectivity index (χ1n) is 5.37. The van der Waals surface area contributed by atoms with Crippen molar-refractivity contribution in [2.75, 3.05) is 27.0 Å². The fourth-order valence-electron chi connectivity index (χ4n) is 1.28. The van der Waals surface area contributed by atoms with Crippen molar-refractivity contribution in [1.29, 1.82) is 0 Å². The van der Waals surface area contributed by atoms with Crippen LogP contribution < -0.4 is 4.74 Å². The molecule has 0 N–H and O–H groups in total. The lowest BCUT2D eigenvalue weighted by atomic mass is 10.3. The maximum atomic E-state index is 11.6. The van der Waals surface area contributed by atoms with Gasteiger partial charge >= 0.3 is 0 Å². The molecule has 1 unspecified atom stereocenters. The summed E-state index contributed by atoms with van der Waals surface area (Å²) in [5, 5.41) is 0. The number of methoxy groups -OCH3 is 1. The molecule has 0 heterocycles. The first-order chi connectivity index (χ1) is 8.09. The van der Waals surface area contributed by atoms with Gasteiger partial charge in [-0.2, -0.15) is 0 Å². The number of aliphatic imine (C=N–C) groups is 1. The van der Waals surface area contributed by atoms with Crippen molar-refractivity contribution in [3.63, 3.8) is 0 Å². The first kappa shape index (κ1) is 13.9. The highest BCUT2D eigenvalue weighted by atomic mass is 31.2. The highest BCUT2D eigenvalue weighted by Crippen LogP contribution is 2.41. The minimum absolute atomic E-state index is 0.502. The van der Waals surface area contributed by atoms with Crippen LogP contribution in [0.4, 0.5) is 5.69 Å². The molecule has 1 rings (SSSR count). The third-order valence-corrected chi connectivity index (χ3v) is 4.21. The van der Waals surface area contributed by atoms with Crippen LogP contribution in [0.15, 0.2) is 29.3 Å². The van der Waals surface area contributed by atoms with Crippen LogP contribution in [-0.4, -0.2) is 33.3 Å². The molecule has 0 fully saturated rings. The Morgan fingerprint density at radius 3 is 2.71 bits per heavy atom. The van der Waals surface area contributed by atoms with Gasteiger partial charge in [-0.3, -0.25) is 9.56 Å². The van der Waals surface area contributed by atoms with E-state index >= 15 is 0 Å². The van der Waals surface area contributed by atoms with Crippen LogP contribution in [0, 0.1) is 0 Å². The van der Waals surface area contributed by atoms with E-state index in [1.54, 1.807) is 20.0 Å². The van der Waals surface area contributed by atoms with Gasteiger partial charge in [-0.15, -0.1) is 0 Å². The van der Waals surface area contributed by atoms with Crippen LogP contribution >= 0.6 is 7.37 Å². The van der Waals surface area contributed by atoms with Crippen molar-refractivity contribution >= 4 is 19.3 Å². The highest BCUT2D eigenvalue weighted by molar-refractivity contribution is 7.58. The predicted octanol–water partition coefficient (Wildman–Crippen LogP) is 3.34. The van der Waals surface area contributed by atoms with Gasteiger partial charge in [0.25, 0.3) is 0 Å². The molecule has 0 spiro atoms. The molecule has 0 aromatic heterocycles. The van der Waals surface area contributed by atoms with Gasteiger partial charge in [0.15, 0.2) is 7.37 Å². The Bertz CT molecular complexity index is 432. The predicted molar refractivity (Wildman–Crippen MR) is 71.2 cm³/mol. The van der Waals surface area contributed by atoms with E-state index < -0.39 is 7.37 Å². The Morgan fingerprint density at radius 2 is 2.06 bits per heavy atom. The van der Waals surface area contributed by atoms with Gasteiger partial charge in [-0.05, 0) is 18.6 Å². The first-order valence-corrected chi connectivity index (χ1v) is 7.62. The molecule has 0 amide bonds. The minimum Gasteiger partial charge on any atom is -0.494 e. The Balaban J connectivity index is 2.57. The topological polar surface area (TPSA) is 47.9 Å². The van der Waals surface area contributed by atoms with Crippen LogP contribution in [0.5, 0.6) is 5.75 Å². The smallest absolute Gasteiger partial charge is 0.200 e. The molecule has 0 bridgehead atoms. The van der Waals surface area contributed by atoms with E-state index in [1.165, 1.54) is 7.11 Å². The van der Waals surface area contributed by atoms with Crippen LogP contribution in [0.1, 0.15) is 6.42 Å². The third-order valence-electron chi connectivity index (χ3n) is 2.37. The summed E-state index contributed by atoms with van der Waals surface area (Å²) in [5.74, 6) is 0.732. The Hall–Kier alpha value is -1.12. The van der Waals surface area contributed by atoms with Gasteiger partial charge in [0.2, 0.25) is 0 Å². The summed E-state index contributed by atoms with van der Waals surface area (Å²) in [5.41, 5.74) is 0.776. The second-order valence-electron chi connectivity index (χ2n) is 3.69. The number of nitrogens with zero attached hydrogens (tertiary/aromatic N) is 1. The van der Waals surface area contributed by atoms with Crippen molar-refractivity contribution in [3.8, 4) is 5.75 Å². The molecule has 1 atom stereocenters. The second kappa shape index (κ2) is 6.58. The van der Waals surface area contributed by atoms with Crippen LogP contribution in [-0.2, 0) is 9.09 Å². The number of hydrogen-bond donors (Lipinski definition) is 0. The SMILES string of the molecule is COc1ccccc1N=CCCP(C)(=O)OC. The van der Waals surface area contributed by atoms with Gasteiger partial charge in [0.05, 0.1) is 7.11 Å². The molecule has 5 heteroatoms. The largest absolute Gasteiger partial charge is 0.494 e. The summed E-state index contributed by atoms with van der Waals surface area (Å²) in [6, 6.07) is 7.52. The Kier molecular flexibility index (Phi) is 5.39. The zero-order chi connectivity index (χ0) is 12.7. The van der Waals surface area contributed by atoms with Gasteiger partial charge in [0, 0.05) is 26.2 Å². The van der Waals surface area contributed by atoms with E-state index in [0.29, 0.717) is 12.6 Å². The molecule has 0 aliphatic rings. The minimum atomic E-state index is -2.44.